The molecule has 3 rings (SSSR count). The summed E-state index contributed by atoms with van der Waals surface area (Å²) in [4.78, 5) is 0. The highest BCUT2D eigenvalue weighted by atomic mass is 19.2. The summed E-state index contributed by atoms with van der Waals surface area (Å²) in [5.74, 6) is -1.06. The van der Waals surface area contributed by atoms with Crippen molar-refractivity contribution < 1.29 is 13.5 Å². The number of ether oxygens (including phenoxy) is 1. The van der Waals surface area contributed by atoms with Gasteiger partial charge in [0.1, 0.15) is 12.4 Å². The third-order valence-corrected chi connectivity index (χ3v) is 2.84. The highest BCUT2D eigenvalue weighted by molar-refractivity contribution is 5.73. The number of fused-ring (bicyclic) bond motifs is 1. The van der Waals surface area contributed by atoms with Gasteiger partial charge in [-0.15, -0.1) is 0 Å². The number of hydrogen-bond acceptors (Lipinski definition) is 1. The van der Waals surface area contributed by atoms with Crippen LogP contribution < -0.4 is 4.74 Å². The highest BCUT2D eigenvalue weighted by Gasteiger charge is 2.20. The van der Waals surface area contributed by atoms with E-state index in [4.69, 9.17) is 4.74 Å². The summed E-state index contributed by atoms with van der Waals surface area (Å²) in [6.07, 6.45) is 0.695. The summed E-state index contributed by atoms with van der Waals surface area (Å²) in [5.41, 5.74) is 1.82. The minimum atomic E-state index is -0.845. The molecule has 0 bridgehead atoms. The molecule has 0 spiro atoms. The van der Waals surface area contributed by atoms with Crippen LogP contribution in [-0.4, -0.2) is 0 Å². The lowest BCUT2D eigenvalue weighted by molar-refractivity contribution is 0.436. The zero-order chi connectivity index (χ0) is 11.8. The first-order chi connectivity index (χ1) is 8.27. The molecule has 85 valence electrons. The van der Waals surface area contributed by atoms with Gasteiger partial charge in [-0.05, 0) is 11.6 Å². The van der Waals surface area contributed by atoms with Crippen molar-refractivity contribution in [2.45, 2.75) is 6.42 Å². The smallest absolute Gasteiger partial charge is 0.166 e. The van der Waals surface area contributed by atoms with E-state index in [2.05, 4.69) is 0 Å². The summed E-state index contributed by atoms with van der Waals surface area (Å²) < 4.78 is 32.3. The number of rotatable bonds is 1. The second-order valence-corrected chi connectivity index (χ2v) is 3.88. The molecule has 1 aliphatic heterocycles. The third kappa shape index (κ3) is 1.58. The summed E-state index contributed by atoms with van der Waals surface area (Å²) in [5, 5.41) is 0. The van der Waals surface area contributed by atoms with Gasteiger partial charge in [-0.25, -0.2) is 8.78 Å². The molecule has 1 radical (unpaired) electrons. The first kappa shape index (κ1) is 10.3. The Labute approximate surface area is 97.7 Å². The molecule has 2 aromatic carbocycles. The average molecular weight is 231 g/mol. The molecule has 1 nitrogen and oxygen atoms in total. The van der Waals surface area contributed by atoms with Crippen molar-refractivity contribution in [2.24, 2.45) is 0 Å². The van der Waals surface area contributed by atoms with E-state index in [1.54, 1.807) is 18.7 Å². The fourth-order valence-electron chi connectivity index (χ4n) is 2.02. The number of hydrogen-bond donors (Lipinski definition) is 0. The van der Waals surface area contributed by atoms with Crippen LogP contribution in [0.25, 0.3) is 11.1 Å². The molecule has 0 saturated heterocycles. The molecule has 0 saturated carbocycles. The summed E-state index contributed by atoms with van der Waals surface area (Å²) in [6, 6.07) is 9.62. The Morgan fingerprint density at radius 1 is 0.941 bits per heavy atom. The zero-order valence-electron chi connectivity index (χ0n) is 8.91. The lowest BCUT2D eigenvalue weighted by atomic mass is 10.0. The Kier molecular flexibility index (Phi) is 2.32. The number of halogens is 2. The van der Waals surface area contributed by atoms with E-state index in [1.165, 1.54) is 6.07 Å². The first-order valence-electron chi connectivity index (χ1n) is 5.32. The van der Waals surface area contributed by atoms with Crippen LogP contribution in [0.2, 0.25) is 0 Å². The van der Waals surface area contributed by atoms with Crippen LogP contribution in [0.3, 0.4) is 0 Å². The molecule has 2 aromatic rings. The fraction of sp³-hybridized carbons (Fsp3) is 0.0714. The van der Waals surface area contributed by atoms with Gasteiger partial charge >= 0.3 is 0 Å². The Bertz CT molecular complexity index is 578. The minimum Gasteiger partial charge on any atom is -0.485 e. The largest absolute Gasteiger partial charge is 0.485 e. The van der Waals surface area contributed by atoms with Crippen molar-refractivity contribution in [1.29, 1.82) is 0 Å². The van der Waals surface area contributed by atoms with Gasteiger partial charge in [-0.1, -0.05) is 30.3 Å². The lowest BCUT2D eigenvalue weighted by Crippen LogP contribution is -1.91. The van der Waals surface area contributed by atoms with E-state index < -0.39 is 11.6 Å². The van der Waals surface area contributed by atoms with Gasteiger partial charge in [0.05, 0.1) is 0 Å². The Hall–Kier alpha value is -1.90. The van der Waals surface area contributed by atoms with Crippen LogP contribution in [0.15, 0.2) is 36.4 Å². The van der Waals surface area contributed by atoms with E-state index in [0.29, 0.717) is 17.7 Å². The lowest BCUT2D eigenvalue weighted by Gasteiger charge is -2.09. The van der Waals surface area contributed by atoms with Gasteiger partial charge in [0.25, 0.3) is 0 Å². The predicted molar refractivity (Wildman–Crippen MR) is 60.4 cm³/mol. The second-order valence-electron chi connectivity index (χ2n) is 3.88. The molecule has 0 N–H and O–H groups in total. The van der Waals surface area contributed by atoms with Crippen LogP contribution in [-0.2, 0) is 6.42 Å². The normalized spacial score (nSPS) is 13.3. The summed E-state index contributed by atoms with van der Waals surface area (Å²) >= 11 is 0. The maximum absolute atomic E-state index is 13.7. The summed E-state index contributed by atoms with van der Waals surface area (Å²) in [7, 11) is 0. The van der Waals surface area contributed by atoms with Crippen LogP contribution in [0.4, 0.5) is 8.78 Å². The van der Waals surface area contributed by atoms with Crippen LogP contribution in [0.5, 0.6) is 5.75 Å². The van der Waals surface area contributed by atoms with Gasteiger partial charge in [0, 0.05) is 17.5 Å². The molecule has 17 heavy (non-hydrogen) atoms. The van der Waals surface area contributed by atoms with Gasteiger partial charge in [-0.3, -0.25) is 0 Å². The van der Waals surface area contributed by atoms with Crippen molar-refractivity contribution in [1.82, 2.24) is 0 Å². The second kappa shape index (κ2) is 3.84. The molecule has 1 aliphatic rings. The number of para-hydroxylation sites is 1. The van der Waals surface area contributed by atoms with Crippen molar-refractivity contribution in [3.05, 3.63) is 60.2 Å². The molecule has 0 aliphatic carbocycles. The monoisotopic (exact) mass is 231 g/mol. The van der Waals surface area contributed by atoms with E-state index in [-0.39, 0.29) is 5.56 Å². The van der Waals surface area contributed by atoms with E-state index in [1.807, 2.05) is 12.1 Å². The minimum absolute atomic E-state index is 0.233. The third-order valence-electron chi connectivity index (χ3n) is 2.84. The molecule has 0 aromatic heterocycles. The molecular formula is C14H9F2O. The molecule has 0 fully saturated rings. The molecular weight excluding hydrogens is 222 g/mol. The Balaban J connectivity index is 2.23. The Morgan fingerprint density at radius 2 is 1.71 bits per heavy atom. The molecule has 3 heteroatoms. The molecule has 0 atom stereocenters. The zero-order valence-corrected chi connectivity index (χ0v) is 8.91. The SMILES string of the molecule is Fc1cccc(-c2cccc3c2O[CH]C3)c1F. The molecule has 1 heterocycles. The van der Waals surface area contributed by atoms with Crippen molar-refractivity contribution >= 4 is 0 Å². The topological polar surface area (TPSA) is 9.23 Å². The van der Waals surface area contributed by atoms with Gasteiger partial charge in [0.2, 0.25) is 0 Å². The van der Waals surface area contributed by atoms with Gasteiger partial charge < -0.3 is 4.74 Å². The average Bonchev–Trinajstić information content (AvgIpc) is 2.81. The van der Waals surface area contributed by atoms with E-state index in [0.717, 1.165) is 11.6 Å². The van der Waals surface area contributed by atoms with Crippen LogP contribution in [0, 0.1) is 18.2 Å². The molecule has 0 amide bonds. The van der Waals surface area contributed by atoms with Gasteiger partial charge in [-0.2, -0.15) is 0 Å². The number of benzene rings is 2. The van der Waals surface area contributed by atoms with Gasteiger partial charge in [0.15, 0.2) is 11.6 Å². The predicted octanol–water partition coefficient (Wildman–Crippen LogP) is 3.73. The van der Waals surface area contributed by atoms with Crippen molar-refractivity contribution in [3.8, 4) is 16.9 Å². The van der Waals surface area contributed by atoms with Crippen molar-refractivity contribution in [3.63, 3.8) is 0 Å². The standard InChI is InChI=1S/C14H9F2O/c15-12-6-2-4-10(13(12)16)11-5-1-3-9-7-8-17-14(9)11/h1-6,8H,7H2. The van der Waals surface area contributed by atoms with E-state index in [9.17, 15) is 8.78 Å². The quantitative estimate of drug-likeness (QED) is 0.726. The first-order valence-corrected chi connectivity index (χ1v) is 5.32. The highest BCUT2D eigenvalue weighted by Crippen LogP contribution is 2.39. The van der Waals surface area contributed by atoms with E-state index >= 15 is 0 Å². The van der Waals surface area contributed by atoms with Crippen LogP contribution in [0.1, 0.15) is 5.56 Å². The maximum Gasteiger partial charge on any atom is 0.166 e. The summed E-state index contributed by atoms with van der Waals surface area (Å²) in [6.45, 7) is 1.66. The maximum atomic E-state index is 13.7. The fourth-order valence-corrected chi connectivity index (χ4v) is 2.02. The Morgan fingerprint density at radius 3 is 2.59 bits per heavy atom. The molecule has 0 unspecified atom stereocenters. The van der Waals surface area contributed by atoms with Crippen molar-refractivity contribution in [2.75, 3.05) is 0 Å². The van der Waals surface area contributed by atoms with Crippen LogP contribution >= 0.6 is 0 Å².